The maximum atomic E-state index is 5.93. The Morgan fingerprint density at radius 1 is 1.28 bits per heavy atom. The molecule has 0 saturated carbocycles. The Balaban J connectivity index is 2.92. The zero-order valence-corrected chi connectivity index (χ0v) is 11.2. The van der Waals surface area contributed by atoms with E-state index in [0.29, 0.717) is 5.92 Å². The number of nitrogens with two attached hydrogens (primary N) is 1. The van der Waals surface area contributed by atoms with E-state index < -0.39 is 0 Å². The molecule has 1 aliphatic rings. The molecular formula is C17H23N. The molecule has 0 radical (unpaired) electrons. The van der Waals surface area contributed by atoms with Crippen LogP contribution in [-0.4, -0.2) is 0 Å². The average molecular weight is 241 g/mol. The van der Waals surface area contributed by atoms with Gasteiger partial charge in [0, 0.05) is 11.6 Å². The van der Waals surface area contributed by atoms with Crippen molar-refractivity contribution >= 4 is 0 Å². The molecule has 0 spiro atoms. The van der Waals surface area contributed by atoms with Gasteiger partial charge in [0.2, 0.25) is 0 Å². The lowest BCUT2D eigenvalue weighted by Crippen LogP contribution is -2.00. The van der Waals surface area contributed by atoms with E-state index in [2.05, 4.69) is 44.4 Å². The van der Waals surface area contributed by atoms with E-state index in [1.807, 2.05) is 18.2 Å². The van der Waals surface area contributed by atoms with Gasteiger partial charge in [-0.1, -0.05) is 63.0 Å². The Hall–Kier alpha value is -1.76. The summed E-state index contributed by atoms with van der Waals surface area (Å²) in [6, 6.07) is 0. The second-order valence-electron chi connectivity index (χ2n) is 4.57. The summed E-state index contributed by atoms with van der Waals surface area (Å²) in [7, 11) is 0. The summed E-state index contributed by atoms with van der Waals surface area (Å²) >= 11 is 0. The second-order valence-corrected chi connectivity index (χ2v) is 4.57. The van der Waals surface area contributed by atoms with Gasteiger partial charge in [-0.25, -0.2) is 0 Å². The molecule has 96 valence electrons. The van der Waals surface area contributed by atoms with Crippen LogP contribution < -0.4 is 5.73 Å². The molecule has 1 nitrogen and oxygen atoms in total. The van der Waals surface area contributed by atoms with Crippen molar-refractivity contribution in [3.05, 3.63) is 72.5 Å². The minimum Gasteiger partial charge on any atom is -0.399 e. The van der Waals surface area contributed by atoms with Crippen molar-refractivity contribution in [1.29, 1.82) is 0 Å². The Morgan fingerprint density at radius 2 is 2.06 bits per heavy atom. The maximum Gasteiger partial charge on any atom is 0.0343 e. The fourth-order valence-electron chi connectivity index (χ4n) is 1.84. The van der Waals surface area contributed by atoms with E-state index in [9.17, 15) is 0 Å². The number of rotatable bonds is 2. The highest BCUT2D eigenvalue weighted by molar-refractivity contribution is 5.34. The van der Waals surface area contributed by atoms with Gasteiger partial charge in [0.1, 0.15) is 0 Å². The van der Waals surface area contributed by atoms with Crippen LogP contribution in [0.1, 0.15) is 26.2 Å². The standard InChI is InChI=1S/C17H23N/c1-4-9-16-12-7-5-6-10-15(3)17(18)13-8-11-14(16)2/h5-8,11-13,16H,2-4,9-10,18H2,1H3/b6-5-,11-8-,12-7-,17-13?. The van der Waals surface area contributed by atoms with Gasteiger partial charge < -0.3 is 5.73 Å². The quantitative estimate of drug-likeness (QED) is 0.760. The number of hydrogen-bond donors (Lipinski definition) is 1. The summed E-state index contributed by atoms with van der Waals surface area (Å²) in [5.41, 5.74) is 8.73. The van der Waals surface area contributed by atoms with E-state index in [1.165, 1.54) is 0 Å². The highest BCUT2D eigenvalue weighted by Crippen LogP contribution is 2.19. The van der Waals surface area contributed by atoms with Gasteiger partial charge >= 0.3 is 0 Å². The van der Waals surface area contributed by atoms with Crippen LogP contribution >= 0.6 is 0 Å². The first-order valence-electron chi connectivity index (χ1n) is 6.49. The van der Waals surface area contributed by atoms with E-state index in [4.69, 9.17) is 5.73 Å². The Kier molecular flexibility index (Phi) is 5.99. The van der Waals surface area contributed by atoms with E-state index in [1.54, 1.807) is 0 Å². The summed E-state index contributed by atoms with van der Waals surface area (Å²) in [6.07, 6.45) is 17.4. The predicted molar refractivity (Wildman–Crippen MR) is 81.0 cm³/mol. The van der Waals surface area contributed by atoms with Crippen LogP contribution in [0.3, 0.4) is 0 Å². The van der Waals surface area contributed by atoms with Crippen molar-refractivity contribution in [1.82, 2.24) is 0 Å². The van der Waals surface area contributed by atoms with Crippen molar-refractivity contribution < 1.29 is 0 Å². The van der Waals surface area contributed by atoms with Crippen molar-refractivity contribution in [2.45, 2.75) is 26.2 Å². The zero-order valence-electron chi connectivity index (χ0n) is 11.2. The maximum absolute atomic E-state index is 5.93. The lowest BCUT2D eigenvalue weighted by molar-refractivity contribution is 0.671. The lowest BCUT2D eigenvalue weighted by Gasteiger charge is -2.11. The van der Waals surface area contributed by atoms with Gasteiger partial charge in [-0.3, -0.25) is 0 Å². The highest BCUT2D eigenvalue weighted by atomic mass is 14.6. The van der Waals surface area contributed by atoms with E-state index >= 15 is 0 Å². The van der Waals surface area contributed by atoms with Crippen molar-refractivity contribution in [2.24, 2.45) is 11.7 Å². The molecule has 0 aliphatic heterocycles. The van der Waals surface area contributed by atoms with Gasteiger partial charge in [0.25, 0.3) is 0 Å². The Morgan fingerprint density at radius 3 is 2.78 bits per heavy atom. The van der Waals surface area contributed by atoms with Crippen molar-refractivity contribution in [3.8, 4) is 0 Å². The fourth-order valence-corrected chi connectivity index (χ4v) is 1.84. The SMILES string of the molecule is C=C1C/C=C\C=C/C(CCC)C(=C)/C=C\C=C1N. The van der Waals surface area contributed by atoms with E-state index in [-0.39, 0.29) is 0 Å². The fraction of sp³-hybridized carbons (Fsp3) is 0.294. The largest absolute Gasteiger partial charge is 0.399 e. The van der Waals surface area contributed by atoms with Crippen LogP contribution in [-0.2, 0) is 0 Å². The summed E-state index contributed by atoms with van der Waals surface area (Å²) in [5, 5.41) is 0. The molecule has 1 atom stereocenters. The third-order valence-corrected chi connectivity index (χ3v) is 3.03. The zero-order chi connectivity index (χ0) is 13.4. The predicted octanol–water partition coefficient (Wildman–Crippen LogP) is 4.43. The molecular weight excluding hydrogens is 218 g/mol. The number of allylic oxidation sites excluding steroid dienone is 9. The van der Waals surface area contributed by atoms with E-state index in [0.717, 1.165) is 36.1 Å². The van der Waals surface area contributed by atoms with Crippen LogP contribution in [0.15, 0.2) is 72.5 Å². The minimum atomic E-state index is 0.410. The smallest absolute Gasteiger partial charge is 0.0343 e. The molecule has 0 fully saturated rings. The van der Waals surface area contributed by atoms with Crippen LogP contribution in [0.4, 0.5) is 0 Å². The number of hydrogen-bond acceptors (Lipinski definition) is 1. The molecule has 0 bridgehead atoms. The third-order valence-electron chi connectivity index (χ3n) is 3.03. The molecule has 0 saturated heterocycles. The van der Waals surface area contributed by atoms with Gasteiger partial charge in [0.05, 0.1) is 0 Å². The molecule has 0 heterocycles. The van der Waals surface area contributed by atoms with Crippen LogP contribution in [0.5, 0.6) is 0 Å². The van der Waals surface area contributed by atoms with Crippen LogP contribution in [0.25, 0.3) is 0 Å². The molecule has 0 aromatic rings. The normalized spacial score (nSPS) is 26.7. The van der Waals surface area contributed by atoms with Crippen LogP contribution in [0.2, 0.25) is 0 Å². The molecule has 1 heteroatoms. The van der Waals surface area contributed by atoms with Crippen molar-refractivity contribution in [2.75, 3.05) is 0 Å². The Labute approximate surface area is 111 Å². The van der Waals surface area contributed by atoms with Gasteiger partial charge in [-0.15, -0.1) is 0 Å². The first-order valence-corrected chi connectivity index (χ1v) is 6.49. The molecule has 18 heavy (non-hydrogen) atoms. The molecule has 2 N–H and O–H groups in total. The van der Waals surface area contributed by atoms with Gasteiger partial charge in [-0.2, -0.15) is 0 Å². The van der Waals surface area contributed by atoms with Crippen LogP contribution in [0, 0.1) is 5.92 Å². The average Bonchev–Trinajstić information content (AvgIpc) is 2.35. The van der Waals surface area contributed by atoms with Gasteiger partial charge in [-0.05, 0) is 30.1 Å². The first kappa shape index (κ1) is 14.3. The highest BCUT2D eigenvalue weighted by Gasteiger charge is 2.05. The monoisotopic (exact) mass is 241 g/mol. The molecule has 1 unspecified atom stereocenters. The second kappa shape index (κ2) is 7.54. The summed E-state index contributed by atoms with van der Waals surface area (Å²) < 4.78 is 0. The molecule has 0 aromatic carbocycles. The topological polar surface area (TPSA) is 26.0 Å². The molecule has 0 amide bonds. The molecule has 1 aliphatic carbocycles. The molecule has 1 rings (SSSR count). The Bertz CT molecular complexity index is 419. The first-order chi connectivity index (χ1) is 8.65. The summed E-state index contributed by atoms with van der Waals surface area (Å²) in [6.45, 7) is 10.3. The third kappa shape index (κ3) is 4.62. The lowest BCUT2D eigenvalue weighted by atomic mass is 9.94. The van der Waals surface area contributed by atoms with Crippen molar-refractivity contribution in [3.63, 3.8) is 0 Å². The molecule has 0 aromatic heterocycles. The summed E-state index contributed by atoms with van der Waals surface area (Å²) in [5.74, 6) is 0.410. The van der Waals surface area contributed by atoms with Gasteiger partial charge in [0.15, 0.2) is 0 Å². The minimum absolute atomic E-state index is 0.410. The summed E-state index contributed by atoms with van der Waals surface area (Å²) in [4.78, 5) is 0.